The van der Waals surface area contributed by atoms with Gasteiger partial charge in [0.15, 0.2) is 0 Å². The fourth-order valence-corrected chi connectivity index (χ4v) is 4.46. The Morgan fingerprint density at radius 1 is 0.892 bits per heavy atom. The van der Waals surface area contributed by atoms with Crippen molar-refractivity contribution in [3.8, 4) is 5.75 Å². The van der Waals surface area contributed by atoms with E-state index in [4.69, 9.17) is 9.84 Å². The zero-order valence-corrected chi connectivity index (χ0v) is 20.7. The van der Waals surface area contributed by atoms with E-state index < -0.39 is 17.7 Å². The van der Waals surface area contributed by atoms with Crippen molar-refractivity contribution in [2.24, 2.45) is 0 Å². The third-order valence-electron chi connectivity index (χ3n) is 6.70. The minimum atomic E-state index is -4.31. The number of rotatable bonds is 9. The molecule has 1 atom stereocenters. The van der Waals surface area contributed by atoms with Crippen molar-refractivity contribution in [3.63, 3.8) is 0 Å². The van der Waals surface area contributed by atoms with Crippen LogP contribution in [0.15, 0.2) is 72.8 Å². The first-order chi connectivity index (χ1) is 17.7. The third-order valence-corrected chi connectivity index (χ3v) is 6.70. The van der Waals surface area contributed by atoms with Crippen molar-refractivity contribution in [1.29, 1.82) is 0 Å². The Morgan fingerprint density at radius 3 is 2.05 bits per heavy atom. The van der Waals surface area contributed by atoms with Gasteiger partial charge >= 0.3 is 12.1 Å². The number of alkyl halides is 3. The number of carboxylic acid groups (broad SMARTS) is 1. The number of benzene rings is 3. The summed E-state index contributed by atoms with van der Waals surface area (Å²) in [4.78, 5) is 15.4. The molecule has 1 fully saturated rings. The van der Waals surface area contributed by atoms with E-state index in [-0.39, 0.29) is 12.3 Å². The van der Waals surface area contributed by atoms with E-state index in [1.165, 1.54) is 5.56 Å². The number of carbonyl (C=O) groups is 1. The highest BCUT2D eigenvalue weighted by molar-refractivity contribution is 5.68. The lowest BCUT2D eigenvalue weighted by atomic mass is 9.98. The van der Waals surface area contributed by atoms with Crippen LogP contribution < -0.4 is 9.64 Å². The lowest BCUT2D eigenvalue weighted by Gasteiger charge is -2.36. The van der Waals surface area contributed by atoms with Crippen molar-refractivity contribution in [3.05, 3.63) is 95.1 Å². The van der Waals surface area contributed by atoms with Gasteiger partial charge in [0, 0.05) is 38.4 Å². The van der Waals surface area contributed by atoms with Gasteiger partial charge in [-0.1, -0.05) is 43.3 Å². The van der Waals surface area contributed by atoms with Gasteiger partial charge in [0.2, 0.25) is 0 Å². The van der Waals surface area contributed by atoms with E-state index in [0.29, 0.717) is 6.61 Å². The van der Waals surface area contributed by atoms with E-state index in [1.54, 1.807) is 12.1 Å². The van der Waals surface area contributed by atoms with Crippen LogP contribution in [0.3, 0.4) is 0 Å². The Bertz CT molecular complexity index is 1160. The van der Waals surface area contributed by atoms with Crippen LogP contribution in [0.25, 0.3) is 0 Å². The van der Waals surface area contributed by atoms with Crippen molar-refractivity contribution in [1.82, 2.24) is 4.90 Å². The molecule has 3 aromatic rings. The Balaban J connectivity index is 1.22. The lowest BCUT2D eigenvalue weighted by Crippen LogP contribution is -2.45. The SMILES string of the molecule is CC(CC(=O)O)c1ccc(OCc2ccc(CN3CCN(c4ccc(C(F)(F)F)cc4)CC3)cc2)cc1. The number of hydrogen-bond donors (Lipinski definition) is 1. The zero-order chi connectivity index (χ0) is 26.4. The van der Waals surface area contributed by atoms with E-state index in [1.807, 2.05) is 31.2 Å². The average Bonchev–Trinajstić information content (AvgIpc) is 2.88. The molecule has 4 rings (SSSR count). The van der Waals surface area contributed by atoms with Gasteiger partial charge in [-0.05, 0) is 59.0 Å². The van der Waals surface area contributed by atoms with Crippen LogP contribution in [0.5, 0.6) is 5.75 Å². The number of hydrogen-bond acceptors (Lipinski definition) is 4. The summed E-state index contributed by atoms with van der Waals surface area (Å²) in [6.45, 7) is 6.37. The molecule has 196 valence electrons. The maximum absolute atomic E-state index is 12.8. The summed E-state index contributed by atoms with van der Waals surface area (Å²) in [5, 5.41) is 8.95. The first-order valence-electron chi connectivity index (χ1n) is 12.3. The number of carboxylic acids is 1. The fraction of sp³-hybridized carbons (Fsp3) is 0.345. The molecule has 1 saturated heterocycles. The molecule has 1 aliphatic rings. The predicted octanol–water partition coefficient (Wildman–Crippen LogP) is 6.18. The van der Waals surface area contributed by atoms with Crippen LogP contribution in [0.2, 0.25) is 0 Å². The molecular formula is C29H31F3N2O3. The molecule has 0 aromatic heterocycles. The smallest absolute Gasteiger partial charge is 0.416 e. The van der Waals surface area contributed by atoms with Gasteiger partial charge in [0.05, 0.1) is 12.0 Å². The second-order valence-electron chi connectivity index (χ2n) is 9.48. The molecule has 8 heteroatoms. The van der Waals surface area contributed by atoms with E-state index in [2.05, 4.69) is 34.1 Å². The molecule has 3 aromatic carbocycles. The molecule has 1 unspecified atom stereocenters. The van der Waals surface area contributed by atoms with Gasteiger partial charge in [0.1, 0.15) is 12.4 Å². The normalized spacial score (nSPS) is 15.4. The number of anilines is 1. The molecule has 0 bridgehead atoms. The van der Waals surface area contributed by atoms with Crippen molar-refractivity contribution in [2.45, 2.75) is 38.6 Å². The standard InChI is InChI=1S/C29H31F3N2O3/c1-21(18-28(35)36)24-6-12-27(13-7-24)37-20-23-4-2-22(3-5-23)19-33-14-16-34(17-15-33)26-10-8-25(9-11-26)29(30,31)32/h2-13,21H,14-20H2,1H3,(H,35,36). The average molecular weight is 513 g/mol. The quantitative estimate of drug-likeness (QED) is 0.371. The highest BCUT2D eigenvalue weighted by atomic mass is 19.4. The summed E-state index contributed by atoms with van der Waals surface area (Å²) >= 11 is 0. The molecule has 37 heavy (non-hydrogen) atoms. The lowest BCUT2D eigenvalue weighted by molar-refractivity contribution is -0.138. The van der Waals surface area contributed by atoms with Gasteiger partial charge in [-0.3, -0.25) is 9.69 Å². The number of halogens is 3. The van der Waals surface area contributed by atoms with Crippen LogP contribution in [0.1, 0.15) is 41.5 Å². The third kappa shape index (κ3) is 7.49. The van der Waals surface area contributed by atoms with Crippen LogP contribution in [0.4, 0.5) is 18.9 Å². The summed E-state index contributed by atoms with van der Waals surface area (Å²) < 4.78 is 44.3. The molecule has 1 aliphatic heterocycles. The Morgan fingerprint density at radius 2 is 1.49 bits per heavy atom. The highest BCUT2D eigenvalue weighted by Gasteiger charge is 2.30. The van der Waals surface area contributed by atoms with Crippen molar-refractivity contribution < 1.29 is 27.8 Å². The largest absolute Gasteiger partial charge is 0.489 e. The molecule has 1 heterocycles. The fourth-order valence-electron chi connectivity index (χ4n) is 4.46. The maximum atomic E-state index is 12.8. The Hall–Kier alpha value is -3.52. The van der Waals surface area contributed by atoms with Gasteiger partial charge in [-0.2, -0.15) is 13.2 Å². The maximum Gasteiger partial charge on any atom is 0.416 e. The number of aliphatic carboxylic acids is 1. The molecule has 1 N–H and O–H groups in total. The molecule has 0 saturated carbocycles. The second kappa shape index (κ2) is 11.7. The Labute approximate surface area is 215 Å². The molecular weight excluding hydrogens is 481 g/mol. The second-order valence-corrected chi connectivity index (χ2v) is 9.48. The number of ether oxygens (including phenoxy) is 1. The van der Waals surface area contributed by atoms with Crippen molar-refractivity contribution in [2.75, 3.05) is 31.1 Å². The van der Waals surface area contributed by atoms with Crippen LogP contribution in [-0.2, 0) is 24.1 Å². The van der Waals surface area contributed by atoms with Gasteiger partial charge in [-0.15, -0.1) is 0 Å². The van der Waals surface area contributed by atoms with Crippen molar-refractivity contribution >= 4 is 11.7 Å². The summed E-state index contributed by atoms with van der Waals surface area (Å²) in [7, 11) is 0. The van der Waals surface area contributed by atoms with Crippen LogP contribution in [0, 0.1) is 0 Å². The monoisotopic (exact) mass is 512 g/mol. The minimum Gasteiger partial charge on any atom is -0.489 e. The number of nitrogens with zero attached hydrogens (tertiary/aromatic N) is 2. The van der Waals surface area contributed by atoms with Gasteiger partial charge in [0.25, 0.3) is 0 Å². The molecule has 0 amide bonds. The predicted molar refractivity (Wildman–Crippen MR) is 137 cm³/mol. The zero-order valence-electron chi connectivity index (χ0n) is 20.7. The van der Waals surface area contributed by atoms with Gasteiger partial charge < -0.3 is 14.7 Å². The summed E-state index contributed by atoms with van der Waals surface area (Å²) in [6.07, 6.45) is -4.21. The molecule has 0 aliphatic carbocycles. The topological polar surface area (TPSA) is 53.0 Å². The highest BCUT2D eigenvalue weighted by Crippen LogP contribution is 2.31. The first kappa shape index (κ1) is 26.5. The Kier molecular flexibility index (Phi) is 8.38. The molecule has 0 spiro atoms. The summed E-state index contributed by atoms with van der Waals surface area (Å²) in [6, 6.07) is 21.2. The van der Waals surface area contributed by atoms with E-state index in [0.717, 1.165) is 67.4 Å². The number of piperazine rings is 1. The molecule has 5 nitrogen and oxygen atoms in total. The molecule has 0 radical (unpaired) electrons. The van der Waals surface area contributed by atoms with E-state index in [9.17, 15) is 18.0 Å². The minimum absolute atomic E-state index is 0.0492. The van der Waals surface area contributed by atoms with E-state index >= 15 is 0 Å². The van der Waals surface area contributed by atoms with Crippen LogP contribution in [-0.4, -0.2) is 42.2 Å². The van der Waals surface area contributed by atoms with Gasteiger partial charge in [-0.25, -0.2) is 0 Å². The summed E-state index contributed by atoms with van der Waals surface area (Å²) in [5.74, 6) is -0.121. The van der Waals surface area contributed by atoms with Crippen LogP contribution >= 0.6 is 0 Å². The first-order valence-corrected chi connectivity index (χ1v) is 12.3. The summed E-state index contributed by atoms with van der Waals surface area (Å²) in [5.41, 5.74) is 3.42.